The van der Waals surface area contributed by atoms with Gasteiger partial charge in [0.1, 0.15) is 5.82 Å². The van der Waals surface area contributed by atoms with Crippen LogP contribution in [0.2, 0.25) is 0 Å². The van der Waals surface area contributed by atoms with Gasteiger partial charge in [-0.25, -0.2) is 4.39 Å². The molecule has 0 saturated heterocycles. The van der Waals surface area contributed by atoms with Gasteiger partial charge in [0, 0.05) is 0 Å². The van der Waals surface area contributed by atoms with E-state index in [1.165, 1.54) is 39.8 Å². The summed E-state index contributed by atoms with van der Waals surface area (Å²) in [5, 5.41) is 9.71. The molecule has 1 nitrogen and oxygen atoms in total. The normalized spacial score (nSPS) is 18.5. The molecule has 0 atom stereocenters. The maximum atomic E-state index is 14.3. The zero-order chi connectivity index (χ0) is 23.4. The third-order valence-electron chi connectivity index (χ3n) is 7.47. The van der Waals surface area contributed by atoms with E-state index in [-0.39, 0.29) is 11.9 Å². The van der Waals surface area contributed by atoms with E-state index in [0.717, 1.165) is 56.4 Å². The molecule has 0 aliphatic heterocycles. The molecule has 4 rings (SSSR count). The molecule has 1 aliphatic rings. The summed E-state index contributed by atoms with van der Waals surface area (Å²) in [5.74, 6) is 0.618. The quantitative estimate of drug-likeness (QED) is 0.390. The Bertz CT molecular complexity index is 1050. The van der Waals surface area contributed by atoms with Crippen molar-refractivity contribution in [3.8, 4) is 22.3 Å². The van der Waals surface area contributed by atoms with Crippen LogP contribution in [0.15, 0.2) is 54.6 Å². The highest BCUT2D eigenvalue weighted by Gasteiger charge is 2.19. The van der Waals surface area contributed by atoms with Gasteiger partial charge in [-0.3, -0.25) is 0 Å². The third kappa shape index (κ3) is 5.55. The lowest BCUT2D eigenvalue weighted by atomic mass is 9.83. The molecule has 0 bridgehead atoms. The highest BCUT2D eigenvalue weighted by molar-refractivity contribution is 5.77. The van der Waals surface area contributed by atoms with Gasteiger partial charge in [0.15, 0.2) is 0 Å². The van der Waals surface area contributed by atoms with Crippen molar-refractivity contribution in [2.45, 2.75) is 78.2 Å². The first-order valence-corrected chi connectivity index (χ1v) is 12.7. The Hall–Kier alpha value is -2.45. The molecule has 2 heteroatoms. The lowest BCUT2D eigenvalue weighted by molar-refractivity contribution is 0.106. The van der Waals surface area contributed by atoms with Gasteiger partial charge >= 0.3 is 0 Å². The van der Waals surface area contributed by atoms with Crippen molar-refractivity contribution in [2.24, 2.45) is 5.92 Å². The highest BCUT2D eigenvalue weighted by Crippen LogP contribution is 2.35. The summed E-state index contributed by atoms with van der Waals surface area (Å²) in [6.07, 6.45) is 8.35. The molecule has 1 N–H and O–H groups in total. The van der Waals surface area contributed by atoms with E-state index >= 15 is 0 Å². The van der Waals surface area contributed by atoms with E-state index in [1.54, 1.807) is 6.07 Å². The molecular weight excluding hydrogens is 407 g/mol. The Labute approximate surface area is 198 Å². The number of aliphatic hydroxyl groups excluding tert-OH is 1. The van der Waals surface area contributed by atoms with Crippen molar-refractivity contribution >= 4 is 0 Å². The van der Waals surface area contributed by atoms with Crippen LogP contribution >= 0.6 is 0 Å². The summed E-state index contributed by atoms with van der Waals surface area (Å²) in [6, 6.07) is 19.2. The van der Waals surface area contributed by atoms with Gasteiger partial charge in [-0.15, -0.1) is 0 Å². The summed E-state index contributed by atoms with van der Waals surface area (Å²) >= 11 is 0. The van der Waals surface area contributed by atoms with E-state index in [4.69, 9.17) is 0 Å². The number of aryl methyl sites for hydroxylation is 4. The van der Waals surface area contributed by atoms with Crippen LogP contribution in [-0.4, -0.2) is 11.2 Å². The van der Waals surface area contributed by atoms with Crippen LogP contribution in [0.5, 0.6) is 0 Å². The van der Waals surface area contributed by atoms with Crippen molar-refractivity contribution in [3.63, 3.8) is 0 Å². The summed E-state index contributed by atoms with van der Waals surface area (Å²) in [7, 11) is 0. The summed E-state index contributed by atoms with van der Waals surface area (Å²) < 4.78 is 14.3. The first kappa shape index (κ1) is 23.7. The predicted molar refractivity (Wildman–Crippen MR) is 137 cm³/mol. The van der Waals surface area contributed by atoms with Crippen molar-refractivity contribution in [3.05, 3.63) is 82.7 Å². The number of rotatable bonds is 7. The fourth-order valence-electron chi connectivity index (χ4n) is 5.28. The minimum atomic E-state index is -0.138. The topological polar surface area (TPSA) is 20.2 Å². The molecule has 33 heavy (non-hydrogen) atoms. The largest absolute Gasteiger partial charge is 0.393 e. The Morgan fingerprint density at radius 1 is 0.788 bits per heavy atom. The van der Waals surface area contributed by atoms with Crippen LogP contribution in [0.25, 0.3) is 22.3 Å². The number of hydrogen-bond acceptors (Lipinski definition) is 1. The Balaban J connectivity index is 1.55. The fourth-order valence-corrected chi connectivity index (χ4v) is 5.28. The van der Waals surface area contributed by atoms with E-state index in [0.29, 0.717) is 5.56 Å². The molecule has 0 heterocycles. The van der Waals surface area contributed by atoms with Crippen molar-refractivity contribution in [2.75, 3.05) is 0 Å². The van der Waals surface area contributed by atoms with Crippen LogP contribution in [0.4, 0.5) is 4.39 Å². The Kier molecular flexibility index (Phi) is 7.65. The summed E-state index contributed by atoms with van der Waals surface area (Å²) in [5.41, 5.74) is 9.28. The SMILES string of the molecule is CCc1cc(-c2ccc(CCC3CCC(O)CC3)cc2)cc(CC)c1-c1ccc(C)c(F)c1. The van der Waals surface area contributed by atoms with E-state index in [2.05, 4.69) is 50.2 Å². The summed E-state index contributed by atoms with van der Waals surface area (Å²) in [4.78, 5) is 0. The second-order valence-corrected chi connectivity index (χ2v) is 9.75. The third-order valence-corrected chi connectivity index (χ3v) is 7.47. The van der Waals surface area contributed by atoms with E-state index < -0.39 is 0 Å². The molecule has 1 saturated carbocycles. The maximum Gasteiger partial charge on any atom is 0.126 e. The number of halogens is 1. The molecule has 0 unspecified atom stereocenters. The van der Waals surface area contributed by atoms with Gasteiger partial charge < -0.3 is 5.11 Å². The van der Waals surface area contributed by atoms with Crippen LogP contribution in [0.1, 0.15) is 68.2 Å². The lowest BCUT2D eigenvalue weighted by Crippen LogP contribution is -2.18. The minimum absolute atomic E-state index is 0.0713. The van der Waals surface area contributed by atoms with E-state index in [1.807, 2.05) is 19.1 Å². The standard InChI is InChI=1S/C31H37FO/c1-4-24-18-28(19-25(5-2)31(24)27-13-6-21(3)30(32)20-27)26-14-9-22(10-15-26)7-8-23-11-16-29(33)17-12-23/h6,9-10,13-15,18-20,23,29,33H,4-5,7-8,11-12,16-17H2,1-3H3. The Morgan fingerprint density at radius 2 is 1.39 bits per heavy atom. The number of aliphatic hydroxyl groups is 1. The van der Waals surface area contributed by atoms with Gasteiger partial charge in [-0.05, 0) is 115 Å². The smallest absolute Gasteiger partial charge is 0.126 e. The van der Waals surface area contributed by atoms with Crippen molar-refractivity contribution in [1.82, 2.24) is 0 Å². The van der Waals surface area contributed by atoms with Gasteiger partial charge in [-0.1, -0.05) is 62.4 Å². The maximum absolute atomic E-state index is 14.3. The van der Waals surface area contributed by atoms with Crippen LogP contribution in [0.3, 0.4) is 0 Å². The molecule has 0 spiro atoms. The van der Waals surface area contributed by atoms with Crippen molar-refractivity contribution in [1.29, 1.82) is 0 Å². The average Bonchev–Trinajstić information content (AvgIpc) is 2.85. The molecule has 0 aromatic heterocycles. The zero-order valence-electron chi connectivity index (χ0n) is 20.3. The molecule has 3 aromatic rings. The minimum Gasteiger partial charge on any atom is -0.393 e. The molecular formula is C31H37FO. The van der Waals surface area contributed by atoms with Gasteiger partial charge in [-0.2, -0.15) is 0 Å². The highest BCUT2D eigenvalue weighted by atomic mass is 19.1. The first-order valence-electron chi connectivity index (χ1n) is 12.7. The van der Waals surface area contributed by atoms with Gasteiger partial charge in [0.25, 0.3) is 0 Å². The van der Waals surface area contributed by atoms with Gasteiger partial charge in [0.2, 0.25) is 0 Å². The first-order chi connectivity index (χ1) is 16.0. The Morgan fingerprint density at radius 3 is 1.97 bits per heavy atom. The van der Waals surface area contributed by atoms with Crippen molar-refractivity contribution < 1.29 is 9.50 Å². The fraction of sp³-hybridized carbons (Fsp3) is 0.419. The van der Waals surface area contributed by atoms with E-state index in [9.17, 15) is 9.50 Å². The second-order valence-electron chi connectivity index (χ2n) is 9.75. The average molecular weight is 445 g/mol. The molecule has 0 amide bonds. The van der Waals surface area contributed by atoms with Crippen LogP contribution in [-0.2, 0) is 19.3 Å². The molecule has 1 aliphatic carbocycles. The number of hydrogen-bond donors (Lipinski definition) is 1. The zero-order valence-corrected chi connectivity index (χ0v) is 20.3. The van der Waals surface area contributed by atoms with Gasteiger partial charge in [0.05, 0.1) is 6.10 Å². The summed E-state index contributed by atoms with van der Waals surface area (Å²) in [6.45, 7) is 6.17. The second kappa shape index (κ2) is 10.7. The molecule has 3 aromatic carbocycles. The monoisotopic (exact) mass is 444 g/mol. The lowest BCUT2D eigenvalue weighted by Gasteiger charge is -2.25. The molecule has 174 valence electrons. The predicted octanol–water partition coefficient (Wildman–Crippen LogP) is 8.08. The molecule has 0 radical (unpaired) electrons. The van der Waals surface area contributed by atoms with Crippen LogP contribution in [0, 0.1) is 18.7 Å². The number of benzene rings is 3. The van der Waals surface area contributed by atoms with Crippen LogP contribution < -0.4 is 0 Å². The molecule has 1 fully saturated rings.